The highest BCUT2D eigenvalue weighted by atomic mass is 16.5. The number of aliphatic hydroxyl groups is 1. The highest BCUT2D eigenvalue weighted by Gasteiger charge is 2.35. The minimum absolute atomic E-state index is 0.00986. The maximum absolute atomic E-state index is 12.6. The summed E-state index contributed by atoms with van der Waals surface area (Å²) in [7, 11) is 0. The Kier molecular flexibility index (Phi) is 5.08. The van der Waals surface area contributed by atoms with E-state index in [1.54, 1.807) is 24.8 Å². The summed E-state index contributed by atoms with van der Waals surface area (Å²) in [4.78, 5) is 14.4. The predicted octanol–water partition coefficient (Wildman–Crippen LogP) is 1.57. The molecule has 5 heteroatoms. The van der Waals surface area contributed by atoms with Gasteiger partial charge in [-0.15, -0.1) is 0 Å². The summed E-state index contributed by atoms with van der Waals surface area (Å²) in [6, 6.07) is 5.50. The molecule has 5 nitrogen and oxygen atoms in total. The van der Waals surface area contributed by atoms with Crippen LogP contribution >= 0.6 is 0 Å². The molecule has 1 heterocycles. The number of amides is 1. The van der Waals surface area contributed by atoms with Crippen molar-refractivity contribution in [2.45, 2.75) is 32.8 Å². The minimum atomic E-state index is -0.752. The number of carbonyl (C=O) groups is 1. The van der Waals surface area contributed by atoms with Crippen LogP contribution in [-0.4, -0.2) is 47.8 Å². The third-order valence-electron chi connectivity index (χ3n) is 4.29. The first-order valence-electron chi connectivity index (χ1n) is 7.78. The number of nitrogens with two attached hydrogens (primary N) is 1. The molecule has 0 aliphatic carbocycles. The third-order valence-corrected chi connectivity index (χ3v) is 4.29. The second-order valence-electron chi connectivity index (χ2n) is 6.51. The van der Waals surface area contributed by atoms with Gasteiger partial charge in [0.25, 0.3) is 5.91 Å². The molecular formula is C17H26N2O3. The van der Waals surface area contributed by atoms with Crippen LogP contribution in [0, 0.1) is 12.8 Å². The molecule has 0 spiro atoms. The van der Waals surface area contributed by atoms with Gasteiger partial charge in [-0.25, -0.2) is 0 Å². The molecule has 0 bridgehead atoms. The number of aryl methyl sites for hydroxylation is 1. The van der Waals surface area contributed by atoms with E-state index in [1.165, 1.54) is 0 Å². The van der Waals surface area contributed by atoms with Crippen molar-refractivity contribution < 1.29 is 14.6 Å². The van der Waals surface area contributed by atoms with Crippen LogP contribution in [0.2, 0.25) is 0 Å². The molecule has 1 atom stereocenters. The Labute approximate surface area is 132 Å². The third kappa shape index (κ3) is 3.78. The lowest BCUT2D eigenvalue weighted by Gasteiger charge is -2.25. The molecule has 2 rings (SSSR count). The van der Waals surface area contributed by atoms with Crippen LogP contribution in [0.4, 0.5) is 0 Å². The summed E-state index contributed by atoms with van der Waals surface area (Å²) in [5.74, 6) is 0.814. The molecule has 1 aliphatic rings. The molecule has 1 aliphatic heterocycles. The van der Waals surface area contributed by atoms with Gasteiger partial charge >= 0.3 is 0 Å². The summed E-state index contributed by atoms with van der Waals surface area (Å²) in [6.45, 7) is 7.70. The summed E-state index contributed by atoms with van der Waals surface area (Å²) in [6.07, 6.45) is 0.831. The Morgan fingerprint density at radius 1 is 1.50 bits per heavy atom. The van der Waals surface area contributed by atoms with E-state index in [2.05, 4.69) is 0 Å². The first-order chi connectivity index (χ1) is 10.3. The van der Waals surface area contributed by atoms with Gasteiger partial charge < -0.3 is 20.5 Å². The molecular weight excluding hydrogens is 280 g/mol. The van der Waals surface area contributed by atoms with E-state index in [4.69, 9.17) is 10.5 Å². The first kappa shape index (κ1) is 16.8. The first-order valence-corrected chi connectivity index (χ1v) is 7.78. The number of hydrogen-bond acceptors (Lipinski definition) is 4. The van der Waals surface area contributed by atoms with Crippen molar-refractivity contribution >= 4 is 5.91 Å². The molecule has 1 aromatic rings. The molecule has 3 N–H and O–H groups in total. The van der Waals surface area contributed by atoms with Crippen LogP contribution in [0.1, 0.15) is 36.2 Å². The summed E-state index contributed by atoms with van der Waals surface area (Å²) in [5, 5.41) is 10.1. The normalized spacial score (nSPS) is 18.6. The maximum atomic E-state index is 12.6. The number of rotatable bonds is 5. The largest absolute Gasteiger partial charge is 0.492 e. The van der Waals surface area contributed by atoms with Crippen LogP contribution < -0.4 is 10.5 Å². The lowest BCUT2D eigenvalue weighted by atomic mass is 9.90. The van der Waals surface area contributed by atoms with Gasteiger partial charge in [0.1, 0.15) is 12.4 Å². The summed E-state index contributed by atoms with van der Waals surface area (Å²) in [5.41, 5.74) is 6.31. The second kappa shape index (κ2) is 6.67. The van der Waals surface area contributed by atoms with Crippen molar-refractivity contribution in [2.24, 2.45) is 11.7 Å². The molecule has 122 valence electrons. The number of ether oxygens (including phenoxy) is 1. The van der Waals surface area contributed by atoms with Gasteiger partial charge in [-0.2, -0.15) is 0 Å². The fraction of sp³-hybridized carbons (Fsp3) is 0.588. The van der Waals surface area contributed by atoms with Gasteiger partial charge in [0.05, 0.1) is 5.60 Å². The molecule has 1 fully saturated rings. The van der Waals surface area contributed by atoms with Gasteiger partial charge in [-0.1, -0.05) is 6.07 Å². The zero-order valence-electron chi connectivity index (χ0n) is 13.6. The van der Waals surface area contributed by atoms with Crippen molar-refractivity contribution in [1.82, 2.24) is 4.90 Å². The van der Waals surface area contributed by atoms with Crippen molar-refractivity contribution in [3.05, 3.63) is 29.3 Å². The van der Waals surface area contributed by atoms with Crippen molar-refractivity contribution in [3.63, 3.8) is 0 Å². The lowest BCUT2D eigenvalue weighted by Crippen LogP contribution is -2.35. The Morgan fingerprint density at radius 2 is 2.23 bits per heavy atom. The Bertz CT molecular complexity index is 537. The van der Waals surface area contributed by atoms with Gasteiger partial charge in [0.15, 0.2) is 0 Å². The predicted molar refractivity (Wildman–Crippen MR) is 86.0 cm³/mol. The number of benzene rings is 1. The second-order valence-corrected chi connectivity index (χ2v) is 6.51. The fourth-order valence-corrected chi connectivity index (χ4v) is 2.76. The molecule has 0 saturated carbocycles. The average Bonchev–Trinajstić information content (AvgIpc) is 2.95. The lowest BCUT2D eigenvalue weighted by molar-refractivity contribution is 0.0211. The van der Waals surface area contributed by atoms with Crippen molar-refractivity contribution in [2.75, 3.05) is 26.2 Å². The molecule has 0 aromatic heterocycles. The van der Waals surface area contributed by atoms with Crippen LogP contribution in [0.25, 0.3) is 0 Å². The Hall–Kier alpha value is -1.59. The SMILES string of the molecule is Cc1ccc(C(=O)N2CCC(C(C)(C)O)C2)cc1OCCN. The van der Waals surface area contributed by atoms with Crippen molar-refractivity contribution in [1.29, 1.82) is 0 Å². The minimum Gasteiger partial charge on any atom is -0.492 e. The van der Waals surface area contributed by atoms with Crippen LogP contribution in [0.3, 0.4) is 0 Å². The zero-order valence-corrected chi connectivity index (χ0v) is 13.6. The molecule has 1 saturated heterocycles. The monoisotopic (exact) mass is 306 g/mol. The Balaban J connectivity index is 2.10. The molecule has 22 heavy (non-hydrogen) atoms. The van der Waals surface area contributed by atoms with Crippen LogP contribution in [0.15, 0.2) is 18.2 Å². The molecule has 1 aromatic carbocycles. The van der Waals surface area contributed by atoms with Gasteiger partial charge in [0.2, 0.25) is 0 Å². The van der Waals surface area contributed by atoms with Crippen LogP contribution in [-0.2, 0) is 0 Å². The maximum Gasteiger partial charge on any atom is 0.253 e. The van der Waals surface area contributed by atoms with Gasteiger partial charge in [-0.3, -0.25) is 4.79 Å². The van der Waals surface area contributed by atoms with Crippen molar-refractivity contribution in [3.8, 4) is 5.75 Å². The Morgan fingerprint density at radius 3 is 2.82 bits per heavy atom. The topological polar surface area (TPSA) is 75.8 Å². The number of nitrogens with zero attached hydrogens (tertiary/aromatic N) is 1. The van der Waals surface area contributed by atoms with E-state index in [-0.39, 0.29) is 11.8 Å². The summed E-state index contributed by atoms with van der Waals surface area (Å²) >= 11 is 0. The molecule has 1 unspecified atom stereocenters. The smallest absolute Gasteiger partial charge is 0.253 e. The van der Waals surface area contributed by atoms with Crippen LogP contribution in [0.5, 0.6) is 5.75 Å². The van der Waals surface area contributed by atoms with E-state index >= 15 is 0 Å². The number of hydrogen-bond donors (Lipinski definition) is 2. The number of likely N-dealkylation sites (tertiary alicyclic amines) is 1. The molecule has 1 amide bonds. The fourth-order valence-electron chi connectivity index (χ4n) is 2.76. The number of carbonyl (C=O) groups excluding carboxylic acids is 1. The quantitative estimate of drug-likeness (QED) is 0.866. The van der Waals surface area contributed by atoms with Gasteiger partial charge in [0, 0.05) is 31.1 Å². The van der Waals surface area contributed by atoms with Gasteiger partial charge in [-0.05, 0) is 44.9 Å². The molecule has 0 radical (unpaired) electrons. The van der Waals surface area contributed by atoms with E-state index in [9.17, 15) is 9.90 Å². The van der Waals surface area contributed by atoms with E-state index in [0.717, 1.165) is 12.0 Å². The van der Waals surface area contributed by atoms with E-state index < -0.39 is 5.60 Å². The highest BCUT2D eigenvalue weighted by Crippen LogP contribution is 2.29. The van der Waals surface area contributed by atoms with E-state index in [1.807, 2.05) is 19.1 Å². The standard InChI is InChI=1S/C17H26N2O3/c1-12-4-5-13(10-15(12)22-9-7-18)16(20)19-8-6-14(11-19)17(2,3)21/h4-5,10,14,21H,6-9,11,18H2,1-3H3. The zero-order chi connectivity index (χ0) is 16.3. The average molecular weight is 306 g/mol. The highest BCUT2D eigenvalue weighted by molar-refractivity contribution is 5.95. The summed E-state index contributed by atoms with van der Waals surface area (Å²) < 4.78 is 5.58. The van der Waals surface area contributed by atoms with E-state index in [0.29, 0.717) is 37.6 Å².